The molecular formula is C16H12N8O. The highest BCUT2D eigenvalue weighted by Crippen LogP contribution is 2.29. The maximum Gasteiger partial charge on any atom is 0.250 e. The summed E-state index contributed by atoms with van der Waals surface area (Å²) in [5, 5.41) is 28.1. The second-order valence-electron chi connectivity index (χ2n) is 4.79. The van der Waals surface area contributed by atoms with Crippen LogP contribution < -0.4 is 11.2 Å². The fourth-order valence-electron chi connectivity index (χ4n) is 1.97. The lowest BCUT2D eigenvalue weighted by atomic mass is 10.2. The summed E-state index contributed by atoms with van der Waals surface area (Å²) in [4.78, 5) is 3.94. The second-order valence-corrected chi connectivity index (χ2v) is 4.79. The highest BCUT2D eigenvalue weighted by molar-refractivity contribution is 6.45. The van der Waals surface area contributed by atoms with E-state index >= 15 is 0 Å². The van der Waals surface area contributed by atoms with Gasteiger partial charge in [-0.1, -0.05) is 12.1 Å². The molecule has 0 bridgehead atoms. The minimum Gasteiger partial charge on any atom is -0.416 e. The molecule has 0 saturated heterocycles. The van der Waals surface area contributed by atoms with Crippen molar-refractivity contribution in [1.29, 1.82) is 10.7 Å². The first-order chi connectivity index (χ1) is 12.2. The van der Waals surface area contributed by atoms with Crippen LogP contribution in [-0.4, -0.2) is 26.7 Å². The summed E-state index contributed by atoms with van der Waals surface area (Å²) >= 11 is 0. The van der Waals surface area contributed by atoms with Crippen LogP contribution in [-0.2, 0) is 0 Å². The van der Waals surface area contributed by atoms with Crippen LogP contribution in [0.25, 0.3) is 22.9 Å². The Bertz CT molecular complexity index is 971. The molecular weight excluding hydrogens is 320 g/mol. The van der Waals surface area contributed by atoms with E-state index < -0.39 is 5.84 Å². The van der Waals surface area contributed by atoms with Gasteiger partial charge in [0.25, 0.3) is 0 Å². The number of hydrazone groups is 1. The van der Waals surface area contributed by atoms with Gasteiger partial charge in [-0.25, -0.2) is 0 Å². The number of benzene rings is 1. The standard InChI is InChI=1S/C16H12N8O/c17-9-13(14(18)19)22-21-12-4-2-1-3-11(12)16-24-23-15(25-16)10-5-7-20-8-6-10/h1-8,21H,(H3,18,19)/b22-13+. The van der Waals surface area contributed by atoms with E-state index in [1.807, 2.05) is 0 Å². The molecule has 2 aromatic heterocycles. The molecule has 0 radical (unpaired) electrons. The monoisotopic (exact) mass is 332 g/mol. The van der Waals surface area contributed by atoms with Gasteiger partial charge in [-0.2, -0.15) is 10.4 Å². The lowest BCUT2D eigenvalue weighted by molar-refractivity contribution is 0.584. The lowest BCUT2D eigenvalue weighted by Crippen LogP contribution is -2.21. The van der Waals surface area contributed by atoms with Crippen molar-refractivity contribution in [2.45, 2.75) is 0 Å². The molecule has 1 aromatic carbocycles. The number of para-hydroxylation sites is 1. The molecule has 0 amide bonds. The number of anilines is 1. The SMILES string of the molecule is N#C/C(=N\Nc1ccccc1-c1nnc(-c2ccncc2)o1)C(=N)N. The number of nitrogens with one attached hydrogen (secondary N) is 2. The number of nitrogens with two attached hydrogens (primary N) is 1. The molecule has 0 atom stereocenters. The normalized spacial score (nSPS) is 10.9. The fourth-order valence-corrected chi connectivity index (χ4v) is 1.97. The Hall–Kier alpha value is -4.06. The van der Waals surface area contributed by atoms with Gasteiger partial charge in [-0.05, 0) is 24.3 Å². The highest BCUT2D eigenvalue weighted by atomic mass is 16.4. The Kier molecular flexibility index (Phi) is 4.44. The van der Waals surface area contributed by atoms with Crippen molar-refractivity contribution in [3.05, 3.63) is 48.8 Å². The fraction of sp³-hybridized carbons (Fsp3) is 0. The third-order valence-corrected chi connectivity index (χ3v) is 3.16. The zero-order chi connectivity index (χ0) is 17.6. The lowest BCUT2D eigenvalue weighted by Gasteiger charge is -2.05. The van der Waals surface area contributed by atoms with Crippen LogP contribution in [0.2, 0.25) is 0 Å². The van der Waals surface area contributed by atoms with Gasteiger partial charge in [0.2, 0.25) is 17.5 Å². The van der Waals surface area contributed by atoms with Crippen LogP contribution in [0.4, 0.5) is 5.69 Å². The highest BCUT2D eigenvalue weighted by Gasteiger charge is 2.14. The van der Waals surface area contributed by atoms with Gasteiger partial charge in [0.1, 0.15) is 6.07 Å². The molecule has 2 heterocycles. The summed E-state index contributed by atoms with van der Waals surface area (Å²) in [6.45, 7) is 0. The third-order valence-electron chi connectivity index (χ3n) is 3.16. The van der Waals surface area contributed by atoms with Gasteiger partial charge in [0.05, 0.1) is 11.3 Å². The van der Waals surface area contributed by atoms with E-state index in [0.29, 0.717) is 17.1 Å². The van der Waals surface area contributed by atoms with Crippen molar-refractivity contribution in [1.82, 2.24) is 15.2 Å². The van der Waals surface area contributed by atoms with E-state index in [9.17, 15) is 0 Å². The van der Waals surface area contributed by atoms with Crippen molar-refractivity contribution < 1.29 is 4.42 Å². The van der Waals surface area contributed by atoms with E-state index in [2.05, 4.69) is 25.7 Å². The van der Waals surface area contributed by atoms with Crippen LogP contribution in [0.1, 0.15) is 0 Å². The van der Waals surface area contributed by atoms with Gasteiger partial charge in [-0.15, -0.1) is 10.2 Å². The number of aromatic nitrogens is 3. The van der Waals surface area contributed by atoms with Crippen LogP contribution in [0, 0.1) is 16.7 Å². The molecule has 0 unspecified atom stereocenters. The van der Waals surface area contributed by atoms with Gasteiger partial charge in [-0.3, -0.25) is 15.8 Å². The quantitative estimate of drug-likeness (QED) is 0.367. The molecule has 25 heavy (non-hydrogen) atoms. The molecule has 0 aliphatic rings. The number of nitrogens with zero attached hydrogens (tertiary/aromatic N) is 5. The van der Waals surface area contributed by atoms with Gasteiger partial charge < -0.3 is 10.2 Å². The van der Waals surface area contributed by atoms with Crippen LogP contribution in [0.15, 0.2) is 58.3 Å². The zero-order valence-corrected chi connectivity index (χ0v) is 12.8. The van der Waals surface area contributed by atoms with Crippen molar-refractivity contribution in [3.63, 3.8) is 0 Å². The molecule has 0 aliphatic carbocycles. The summed E-state index contributed by atoms with van der Waals surface area (Å²) in [5.74, 6) is 0.217. The largest absolute Gasteiger partial charge is 0.416 e. The smallest absolute Gasteiger partial charge is 0.250 e. The first-order valence-electron chi connectivity index (χ1n) is 7.10. The summed E-state index contributed by atoms with van der Waals surface area (Å²) in [7, 11) is 0. The van der Waals surface area contributed by atoms with Gasteiger partial charge >= 0.3 is 0 Å². The zero-order valence-electron chi connectivity index (χ0n) is 12.8. The van der Waals surface area contributed by atoms with Gasteiger partial charge in [0, 0.05) is 18.0 Å². The number of hydrogen-bond donors (Lipinski definition) is 3. The minimum absolute atomic E-state index is 0.224. The molecule has 4 N–H and O–H groups in total. The minimum atomic E-state index is -0.426. The molecule has 0 aliphatic heterocycles. The summed E-state index contributed by atoms with van der Waals surface area (Å²) in [6.07, 6.45) is 3.27. The average molecular weight is 332 g/mol. The van der Waals surface area contributed by atoms with Crippen molar-refractivity contribution in [2.24, 2.45) is 10.8 Å². The van der Waals surface area contributed by atoms with E-state index in [1.54, 1.807) is 54.9 Å². The summed E-state index contributed by atoms with van der Waals surface area (Å²) in [6, 6.07) is 12.3. The molecule has 0 saturated carbocycles. The van der Waals surface area contributed by atoms with E-state index in [-0.39, 0.29) is 11.6 Å². The number of rotatable bonds is 5. The van der Waals surface area contributed by atoms with Crippen molar-refractivity contribution >= 4 is 17.2 Å². The number of nitriles is 1. The Morgan fingerprint density at radius 1 is 1.16 bits per heavy atom. The summed E-state index contributed by atoms with van der Waals surface area (Å²) < 4.78 is 5.71. The van der Waals surface area contributed by atoms with Crippen molar-refractivity contribution in [2.75, 3.05) is 5.43 Å². The van der Waals surface area contributed by atoms with Crippen LogP contribution in [0.5, 0.6) is 0 Å². The molecule has 3 rings (SSSR count). The summed E-state index contributed by atoms with van der Waals surface area (Å²) in [5.41, 5.74) is 9.62. The maximum absolute atomic E-state index is 8.90. The number of amidine groups is 1. The molecule has 9 heteroatoms. The van der Waals surface area contributed by atoms with E-state index in [1.165, 1.54) is 0 Å². The van der Waals surface area contributed by atoms with Crippen LogP contribution in [0.3, 0.4) is 0 Å². The molecule has 9 nitrogen and oxygen atoms in total. The topological polar surface area (TPSA) is 150 Å². The van der Waals surface area contributed by atoms with E-state index in [0.717, 1.165) is 5.56 Å². The Balaban J connectivity index is 1.93. The Morgan fingerprint density at radius 3 is 2.60 bits per heavy atom. The maximum atomic E-state index is 8.90. The molecule has 3 aromatic rings. The van der Waals surface area contributed by atoms with E-state index in [4.69, 9.17) is 20.8 Å². The van der Waals surface area contributed by atoms with Gasteiger partial charge in [0.15, 0.2) is 5.84 Å². The number of pyridine rings is 1. The predicted molar refractivity (Wildman–Crippen MR) is 91.5 cm³/mol. The van der Waals surface area contributed by atoms with Crippen LogP contribution >= 0.6 is 0 Å². The molecule has 0 fully saturated rings. The van der Waals surface area contributed by atoms with Crippen molar-refractivity contribution in [3.8, 4) is 29.0 Å². The average Bonchev–Trinajstić information content (AvgIpc) is 3.13. The Morgan fingerprint density at radius 2 is 1.88 bits per heavy atom. The first-order valence-corrected chi connectivity index (χ1v) is 7.10. The predicted octanol–water partition coefficient (Wildman–Crippen LogP) is 2.03. The second kappa shape index (κ2) is 7.01. The first kappa shape index (κ1) is 15.8. The number of hydrogen-bond acceptors (Lipinski definition) is 8. The Labute approximate surface area is 142 Å². The third kappa shape index (κ3) is 3.48. The molecule has 0 spiro atoms. The molecule has 122 valence electrons.